The molecule has 0 aromatic carbocycles. The molecule has 0 aliphatic carbocycles. The molecule has 0 aliphatic heterocycles. The molecule has 1 rings (SSSR count). The van der Waals surface area contributed by atoms with Gasteiger partial charge in [-0.05, 0) is 19.3 Å². The molecule has 0 amide bonds. The molecule has 1 heterocycles. The first-order valence-corrected chi connectivity index (χ1v) is 2.90. The Hall–Kier alpha value is -2.03. The van der Waals surface area contributed by atoms with Gasteiger partial charge in [0.2, 0.25) is 0 Å². The Labute approximate surface area is 82.0 Å². The minimum atomic E-state index is -1.07. The van der Waals surface area contributed by atoms with Crippen LogP contribution in [0.5, 0.6) is 0 Å². The summed E-state index contributed by atoms with van der Waals surface area (Å²) in [6.07, 6.45) is 1.36. The molecule has 0 aliphatic rings. The smallest absolute Gasteiger partial charge is 0.338 e. The molecule has 0 spiro atoms. The molecule has 1 aromatic heterocycles. The van der Waals surface area contributed by atoms with E-state index in [4.69, 9.17) is 5.11 Å². The molecule has 1 radical (unpaired) electrons. The maximum atomic E-state index is 10.3. The van der Waals surface area contributed by atoms with Gasteiger partial charge in [-0.15, -0.1) is 0 Å². The number of hydrogen-bond donors (Lipinski definition) is 1. The predicted molar refractivity (Wildman–Crippen MR) is 37.9 cm³/mol. The fourth-order valence-corrected chi connectivity index (χ4v) is 0.575. The Morgan fingerprint density at radius 3 is 2.69 bits per heavy atom. The summed E-state index contributed by atoms with van der Waals surface area (Å²) in [7, 11) is 1.50. The minimum absolute atomic E-state index is 0. The molecule has 0 saturated heterocycles. The largest absolute Gasteiger partial charge is 0.477 e. The number of nitrogens with zero attached hydrogens (tertiary/aromatic N) is 3. The maximum absolute atomic E-state index is 10.3. The van der Waals surface area contributed by atoms with E-state index in [0.29, 0.717) is 0 Å². The summed E-state index contributed by atoms with van der Waals surface area (Å²) in [5.74, 6) is -0.887. The van der Waals surface area contributed by atoms with E-state index in [0.717, 1.165) is 0 Å². The van der Waals surface area contributed by atoms with Gasteiger partial charge in [0.15, 0.2) is 0 Å². The second-order valence-electron chi connectivity index (χ2n) is 1.77. The van der Waals surface area contributed by atoms with Crippen LogP contribution >= 0.6 is 0 Å². The van der Waals surface area contributed by atoms with Gasteiger partial charge in [-0.1, -0.05) is 0 Å². The molecule has 5 nitrogen and oxygen atoms in total. The van der Waals surface area contributed by atoms with Crippen LogP contribution < -0.4 is 0 Å². The number of hydrogen-bond acceptors (Lipinski definition) is 3. The van der Waals surface area contributed by atoms with E-state index < -0.39 is 5.97 Å². The van der Waals surface area contributed by atoms with Gasteiger partial charge in [-0.3, -0.25) is 0 Å². The summed E-state index contributed by atoms with van der Waals surface area (Å²) in [5, 5.41) is 12.1. The molecule has 0 bridgehead atoms. The molecule has 69 valence electrons. The van der Waals surface area contributed by atoms with Crippen molar-refractivity contribution in [3.63, 3.8) is 0 Å². The van der Waals surface area contributed by atoms with Crippen molar-refractivity contribution >= 4 is 11.9 Å². The van der Waals surface area contributed by atoms with Gasteiger partial charge < -0.3 is 20.4 Å². The number of aromatic nitrogens is 2. The van der Waals surface area contributed by atoms with Gasteiger partial charge in [0.1, 0.15) is 0 Å². The molecule has 7 heteroatoms. The minimum Gasteiger partial charge on any atom is -0.477 e. The molecule has 0 atom stereocenters. The SMILES string of the molecule is C[N-]c1nccc(C(=O)O)n1.[Rf].[Rh]. The summed E-state index contributed by atoms with van der Waals surface area (Å²) in [6, 6.07) is 1.32. The Balaban J connectivity index is 0. The van der Waals surface area contributed by atoms with Crippen molar-refractivity contribution in [2.45, 2.75) is 0 Å². The fraction of sp³-hybridized carbons (Fsp3) is 0.167. The molecular weight excluding hydrogens is 516 g/mol. The summed E-state index contributed by atoms with van der Waals surface area (Å²) in [6.45, 7) is 0. The third-order valence-corrected chi connectivity index (χ3v) is 1.06. The van der Waals surface area contributed by atoms with E-state index in [1.54, 1.807) is 0 Å². The van der Waals surface area contributed by atoms with Crippen molar-refractivity contribution in [3.05, 3.63) is 23.3 Å². The standard InChI is InChI=1S/C6H7N3O2.Rf.Rh/c1-7-6-8-3-2-4(9-6)5(10)11;;/h2-3H,1H3,(H2,7,8,9,10,11);;/p-1. The normalized spacial score (nSPS) is 7.77. The third-order valence-electron chi connectivity index (χ3n) is 1.06. The molecule has 1 aromatic rings. The van der Waals surface area contributed by atoms with Crippen molar-refractivity contribution in [3.8, 4) is 0 Å². The third kappa shape index (κ3) is 3.25. The van der Waals surface area contributed by atoms with Crippen molar-refractivity contribution in [2.24, 2.45) is 0 Å². The van der Waals surface area contributed by atoms with Crippen LogP contribution in [0.1, 0.15) is 10.5 Å². The Morgan fingerprint density at radius 2 is 2.23 bits per heavy atom. The maximum Gasteiger partial charge on any atom is 0.338 e. The van der Waals surface area contributed by atoms with Crippen molar-refractivity contribution in [1.29, 1.82) is 0 Å². The van der Waals surface area contributed by atoms with E-state index in [1.165, 1.54) is 19.3 Å². The Bertz CT molecular complexity index is 284. The topological polar surface area (TPSA) is 77.2 Å². The summed E-state index contributed by atoms with van der Waals surface area (Å²) >= 11 is 0. The van der Waals surface area contributed by atoms with Crippen LogP contribution in [0.15, 0.2) is 12.3 Å². The van der Waals surface area contributed by atoms with E-state index in [9.17, 15) is 4.79 Å². The van der Waals surface area contributed by atoms with Gasteiger partial charge in [0, 0.05) is 25.4 Å². The van der Waals surface area contributed by atoms with Crippen molar-refractivity contribution < 1.29 is 29.4 Å². The van der Waals surface area contributed by atoms with Crippen molar-refractivity contribution in [1.82, 2.24) is 9.97 Å². The van der Waals surface area contributed by atoms with E-state index >= 15 is 0 Å². The van der Waals surface area contributed by atoms with Gasteiger partial charge in [0.25, 0.3) is 0 Å². The van der Waals surface area contributed by atoms with Crippen LogP contribution in [0.2, 0.25) is 0 Å². The quantitative estimate of drug-likeness (QED) is 0.584. The summed E-state index contributed by atoms with van der Waals surface area (Å²) in [4.78, 5) is 17.6. The average Bonchev–Trinajstić information content (AvgIpc) is 2.05. The zero-order valence-electron chi connectivity index (χ0n) is 6.89. The van der Waals surface area contributed by atoms with Gasteiger partial charge in [-0.25, -0.2) is 4.79 Å². The molecule has 0 fully saturated rings. The summed E-state index contributed by atoms with van der Waals surface area (Å²) < 4.78 is 0. The molecule has 0 unspecified atom stereocenters. The van der Waals surface area contributed by atoms with Crippen LogP contribution in [-0.4, -0.2) is 28.1 Å². The number of rotatable bonds is 2. The van der Waals surface area contributed by atoms with Crippen molar-refractivity contribution in [2.75, 3.05) is 7.05 Å². The van der Waals surface area contributed by atoms with Gasteiger partial charge in [0.05, 0.1) is 5.69 Å². The van der Waals surface area contributed by atoms with Crippen LogP contribution in [0.4, 0.5) is 5.95 Å². The molecule has 1 N–H and O–H groups in total. The molecule has 0 saturated carbocycles. The second-order valence-corrected chi connectivity index (χ2v) is 1.77. The number of carboxylic acid groups (broad SMARTS) is 1. The number of carboxylic acids is 1. The molecule has 13 heavy (non-hydrogen) atoms. The van der Waals surface area contributed by atoms with Gasteiger partial charge >= 0.3 is 5.97 Å². The van der Waals surface area contributed by atoms with Crippen LogP contribution in [0, 0.1) is 0 Å². The first-order chi connectivity index (χ1) is 5.24. The molecular formula is C6H6N3O2RfRh-. The first kappa shape index (κ1) is 13.6. The fourth-order valence-electron chi connectivity index (χ4n) is 0.575. The summed E-state index contributed by atoms with van der Waals surface area (Å²) in [5.41, 5.74) is -0.0411. The van der Waals surface area contributed by atoms with Crippen LogP contribution in [-0.2, 0) is 19.5 Å². The van der Waals surface area contributed by atoms with Gasteiger partial charge in [-0.2, -0.15) is 0 Å². The van der Waals surface area contributed by atoms with E-state index in [-0.39, 0.29) is 31.1 Å². The van der Waals surface area contributed by atoms with Crippen LogP contribution in [0.25, 0.3) is 5.32 Å². The predicted octanol–water partition coefficient (Wildman–Crippen LogP) is 0.807. The second kappa shape index (κ2) is 5.60. The van der Waals surface area contributed by atoms with E-state index in [1.807, 2.05) is 0 Å². The monoisotopic (exact) mass is 522 g/mol. The van der Waals surface area contributed by atoms with E-state index in [2.05, 4.69) is 15.3 Å². The number of aromatic carboxylic acids is 1. The zero-order chi connectivity index (χ0) is 8.27. The van der Waals surface area contributed by atoms with Crippen LogP contribution in [0.3, 0.4) is 0 Å². The average molecular weight is 522 g/mol. The Morgan fingerprint density at radius 1 is 1.62 bits per heavy atom. The Kier molecular flexibility index (Phi) is 5.84. The zero-order valence-corrected chi connectivity index (χ0v) is 14.9. The first-order valence-electron chi connectivity index (χ1n) is 2.90. The number of carbonyl (C=O) groups is 1.